The Morgan fingerprint density at radius 1 is 0.826 bits per heavy atom. The lowest BCUT2D eigenvalue weighted by Crippen LogP contribution is -2.15. The smallest absolute Gasteiger partial charge is 0.0620 e. The third kappa shape index (κ3) is 1.93. The van der Waals surface area contributed by atoms with Gasteiger partial charge in [0, 0.05) is 12.4 Å². The molecule has 112 valence electrons. The van der Waals surface area contributed by atoms with E-state index in [1.807, 2.05) is 0 Å². The monoisotopic (exact) mass is 297 g/mol. The van der Waals surface area contributed by atoms with Gasteiger partial charge < -0.3 is 4.57 Å². The molecule has 0 saturated heterocycles. The molecule has 1 heteroatoms. The van der Waals surface area contributed by atoms with E-state index in [1.165, 1.54) is 33.4 Å². The Hall–Kier alpha value is -2.54. The first-order chi connectivity index (χ1) is 11.4. The zero-order valence-corrected chi connectivity index (χ0v) is 13.1. The van der Waals surface area contributed by atoms with Crippen molar-refractivity contribution in [3.8, 4) is 11.1 Å². The van der Waals surface area contributed by atoms with Crippen molar-refractivity contribution in [3.63, 3.8) is 0 Å². The molecule has 0 aliphatic heterocycles. The van der Waals surface area contributed by atoms with Crippen molar-refractivity contribution in [2.75, 3.05) is 0 Å². The number of hydrogen-bond donors (Lipinski definition) is 0. The van der Waals surface area contributed by atoms with Gasteiger partial charge in [0.15, 0.2) is 0 Å². The fraction of sp³-hybridized carbons (Fsp3) is 0.182. The van der Waals surface area contributed by atoms with Crippen LogP contribution in [0.2, 0.25) is 0 Å². The third-order valence-electron chi connectivity index (χ3n) is 5.33. The van der Waals surface area contributed by atoms with Gasteiger partial charge in [-0.15, -0.1) is 0 Å². The predicted octanol–water partition coefficient (Wildman–Crippen LogP) is 5.26. The molecule has 1 atom stereocenters. The maximum Gasteiger partial charge on any atom is 0.0620 e. The number of benzene rings is 2. The summed E-state index contributed by atoms with van der Waals surface area (Å²) in [5.74, 6) is 0. The number of fused-ring (bicyclic) bond motifs is 5. The molecule has 2 aliphatic rings. The number of nitrogens with zero attached hydrogens (tertiary/aromatic N) is 1. The van der Waals surface area contributed by atoms with Crippen LogP contribution >= 0.6 is 0 Å². The minimum absolute atomic E-state index is 0.437. The molecule has 0 bridgehead atoms. The Labute approximate surface area is 136 Å². The van der Waals surface area contributed by atoms with Gasteiger partial charge in [-0.25, -0.2) is 0 Å². The Morgan fingerprint density at radius 3 is 2.61 bits per heavy atom. The van der Waals surface area contributed by atoms with Gasteiger partial charge in [0.2, 0.25) is 0 Å². The standard InChI is InChI=1S/C22H19N/c1-2-7-17-16(6-1)10-11-20-18-8-5-9-22(23-14-3-4-15-23)21(18)13-12-19(17)20/h1-8,12-15,22H,9-11H2. The fourth-order valence-electron chi connectivity index (χ4n) is 4.23. The molecule has 3 aromatic rings. The highest BCUT2D eigenvalue weighted by Gasteiger charge is 2.24. The van der Waals surface area contributed by atoms with Gasteiger partial charge in [-0.3, -0.25) is 0 Å². The van der Waals surface area contributed by atoms with Crippen molar-refractivity contribution in [2.24, 2.45) is 0 Å². The average molecular weight is 297 g/mol. The number of allylic oxidation sites excluding steroid dienone is 1. The highest BCUT2D eigenvalue weighted by Crippen LogP contribution is 2.41. The van der Waals surface area contributed by atoms with Crippen LogP contribution in [0.1, 0.15) is 34.7 Å². The molecule has 2 aromatic carbocycles. The van der Waals surface area contributed by atoms with E-state index in [1.54, 1.807) is 0 Å². The Kier molecular flexibility index (Phi) is 2.81. The van der Waals surface area contributed by atoms with Gasteiger partial charge in [-0.2, -0.15) is 0 Å². The molecule has 1 nitrogen and oxygen atoms in total. The summed E-state index contributed by atoms with van der Waals surface area (Å²) in [6.07, 6.45) is 12.4. The molecule has 0 spiro atoms. The predicted molar refractivity (Wildman–Crippen MR) is 95.5 cm³/mol. The highest BCUT2D eigenvalue weighted by molar-refractivity contribution is 5.79. The SMILES string of the molecule is C1=Cc2c(ccc3c2CCc2ccccc2-3)C(n2cccc2)C1. The van der Waals surface area contributed by atoms with E-state index in [9.17, 15) is 0 Å². The third-order valence-corrected chi connectivity index (χ3v) is 5.33. The van der Waals surface area contributed by atoms with E-state index < -0.39 is 0 Å². The number of rotatable bonds is 1. The second kappa shape index (κ2) is 4.99. The number of aromatic nitrogens is 1. The molecule has 1 heterocycles. The second-order valence-electron chi connectivity index (χ2n) is 6.54. The van der Waals surface area contributed by atoms with Crippen LogP contribution in [0.5, 0.6) is 0 Å². The van der Waals surface area contributed by atoms with Crippen LogP contribution in [-0.2, 0) is 12.8 Å². The van der Waals surface area contributed by atoms with Crippen LogP contribution in [0.25, 0.3) is 17.2 Å². The Bertz CT molecular complexity index is 900. The molecular formula is C22H19N. The number of hydrogen-bond acceptors (Lipinski definition) is 0. The van der Waals surface area contributed by atoms with Gasteiger partial charge in [-0.05, 0) is 64.8 Å². The van der Waals surface area contributed by atoms with Crippen LogP contribution in [0, 0.1) is 0 Å². The van der Waals surface area contributed by atoms with Crippen molar-refractivity contribution in [1.29, 1.82) is 0 Å². The van der Waals surface area contributed by atoms with E-state index in [0.717, 1.165) is 19.3 Å². The van der Waals surface area contributed by atoms with Crippen LogP contribution < -0.4 is 0 Å². The molecule has 23 heavy (non-hydrogen) atoms. The summed E-state index contributed by atoms with van der Waals surface area (Å²) in [7, 11) is 0. The number of aryl methyl sites for hydroxylation is 1. The van der Waals surface area contributed by atoms with E-state index in [-0.39, 0.29) is 0 Å². The zero-order chi connectivity index (χ0) is 15.2. The molecule has 1 unspecified atom stereocenters. The summed E-state index contributed by atoms with van der Waals surface area (Å²) in [5, 5.41) is 0. The summed E-state index contributed by atoms with van der Waals surface area (Å²) >= 11 is 0. The van der Waals surface area contributed by atoms with Gasteiger partial charge in [0.25, 0.3) is 0 Å². The molecular weight excluding hydrogens is 278 g/mol. The van der Waals surface area contributed by atoms with Gasteiger partial charge >= 0.3 is 0 Å². The Balaban J connectivity index is 1.71. The van der Waals surface area contributed by atoms with Gasteiger partial charge in [0.1, 0.15) is 0 Å². The van der Waals surface area contributed by atoms with Crippen LogP contribution in [0.4, 0.5) is 0 Å². The van der Waals surface area contributed by atoms with E-state index in [4.69, 9.17) is 0 Å². The molecule has 5 rings (SSSR count). The normalized spacial score (nSPS) is 18.2. The fourth-order valence-corrected chi connectivity index (χ4v) is 4.23. The molecule has 0 N–H and O–H groups in total. The van der Waals surface area contributed by atoms with Crippen molar-refractivity contribution in [2.45, 2.75) is 25.3 Å². The second-order valence-corrected chi connectivity index (χ2v) is 6.54. The molecule has 2 aliphatic carbocycles. The lowest BCUT2D eigenvalue weighted by atomic mass is 9.79. The zero-order valence-electron chi connectivity index (χ0n) is 13.1. The topological polar surface area (TPSA) is 4.93 Å². The van der Waals surface area contributed by atoms with Crippen molar-refractivity contribution in [3.05, 3.63) is 89.3 Å². The quantitative estimate of drug-likeness (QED) is 0.577. The van der Waals surface area contributed by atoms with E-state index in [0.29, 0.717) is 6.04 Å². The highest BCUT2D eigenvalue weighted by atomic mass is 15.0. The summed E-state index contributed by atoms with van der Waals surface area (Å²) in [6.45, 7) is 0. The van der Waals surface area contributed by atoms with Crippen LogP contribution in [-0.4, -0.2) is 4.57 Å². The lowest BCUT2D eigenvalue weighted by Gasteiger charge is -2.29. The van der Waals surface area contributed by atoms with E-state index in [2.05, 4.69) is 77.6 Å². The lowest BCUT2D eigenvalue weighted by molar-refractivity contribution is 0.589. The van der Waals surface area contributed by atoms with Crippen LogP contribution in [0.3, 0.4) is 0 Å². The van der Waals surface area contributed by atoms with Crippen LogP contribution in [0.15, 0.2) is 67.0 Å². The van der Waals surface area contributed by atoms with Crippen molar-refractivity contribution < 1.29 is 0 Å². The minimum Gasteiger partial charge on any atom is -0.347 e. The molecule has 0 amide bonds. The first-order valence-corrected chi connectivity index (χ1v) is 8.45. The summed E-state index contributed by atoms with van der Waals surface area (Å²) < 4.78 is 2.34. The van der Waals surface area contributed by atoms with Gasteiger partial charge in [0.05, 0.1) is 6.04 Å². The average Bonchev–Trinajstić information content (AvgIpc) is 3.15. The summed E-state index contributed by atoms with van der Waals surface area (Å²) in [5.41, 5.74) is 8.82. The van der Waals surface area contributed by atoms with Gasteiger partial charge in [-0.1, -0.05) is 48.6 Å². The van der Waals surface area contributed by atoms with Crippen molar-refractivity contribution >= 4 is 6.08 Å². The maximum atomic E-state index is 2.35. The molecule has 0 saturated carbocycles. The van der Waals surface area contributed by atoms with Crippen molar-refractivity contribution in [1.82, 2.24) is 4.57 Å². The maximum absolute atomic E-state index is 2.35. The first kappa shape index (κ1) is 13.0. The largest absolute Gasteiger partial charge is 0.347 e. The minimum atomic E-state index is 0.437. The molecule has 1 aromatic heterocycles. The summed E-state index contributed by atoms with van der Waals surface area (Å²) in [6, 6.07) is 18.2. The first-order valence-electron chi connectivity index (χ1n) is 8.45. The Morgan fingerprint density at radius 2 is 1.70 bits per heavy atom. The molecule has 0 radical (unpaired) electrons. The summed E-state index contributed by atoms with van der Waals surface area (Å²) in [4.78, 5) is 0. The molecule has 0 fully saturated rings. The van der Waals surface area contributed by atoms with E-state index >= 15 is 0 Å².